The Morgan fingerprint density at radius 3 is 2.95 bits per heavy atom. The Bertz CT molecular complexity index is 433. The lowest BCUT2D eigenvalue weighted by atomic mass is 10.1. The van der Waals surface area contributed by atoms with Crippen LogP contribution in [0.3, 0.4) is 0 Å². The van der Waals surface area contributed by atoms with Crippen molar-refractivity contribution in [2.24, 2.45) is 0 Å². The molecule has 104 valence electrons. The van der Waals surface area contributed by atoms with Crippen molar-refractivity contribution in [3.63, 3.8) is 0 Å². The monoisotopic (exact) mass is 261 g/mol. The molecule has 0 bridgehead atoms. The number of nitrogens with one attached hydrogen (secondary N) is 2. The summed E-state index contributed by atoms with van der Waals surface area (Å²) in [4.78, 5) is 13.5. The average molecular weight is 261 g/mol. The Morgan fingerprint density at radius 1 is 1.42 bits per heavy atom. The molecule has 2 N–H and O–H groups in total. The molecule has 1 aliphatic rings. The maximum Gasteiger partial charge on any atom is 0.221 e. The van der Waals surface area contributed by atoms with E-state index in [4.69, 9.17) is 0 Å². The number of amides is 1. The van der Waals surface area contributed by atoms with Gasteiger partial charge in [0, 0.05) is 31.7 Å². The van der Waals surface area contributed by atoms with Gasteiger partial charge in [-0.3, -0.25) is 4.79 Å². The van der Waals surface area contributed by atoms with Crippen molar-refractivity contribution in [2.75, 3.05) is 25.5 Å². The predicted molar refractivity (Wildman–Crippen MR) is 78.1 cm³/mol. The zero-order chi connectivity index (χ0) is 13.7. The van der Waals surface area contributed by atoms with Gasteiger partial charge in [-0.25, -0.2) is 0 Å². The number of para-hydroxylation sites is 1. The fraction of sp³-hybridized carbons (Fsp3) is 0.533. The van der Waals surface area contributed by atoms with Gasteiger partial charge in [-0.1, -0.05) is 18.2 Å². The molecule has 0 radical (unpaired) electrons. The number of likely N-dealkylation sites (tertiary alicyclic amines) is 1. The largest absolute Gasteiger partial charge is 0.326 e. The summed E-state index contributed by atoms with van der Waals surface area (Å²) in [5.41, 5.74) is 2.05. The van der Waals surface area contributed by atoms with Gasteiger partial charge in [0.05, 0.1) is 0 Å². The van der Waals surface area contributed by atoms with Crippen LogP contribution in [-0.4, -0.2) is 37.0 Å². The van der Waals surface area contributed by atoms with Gasteiger partial charge in [-0.05, 0) is 38.1 Å². The number of nitrogens with zero attached hydrogens (tertiary/aromatic N) is 1. The van der Waals surface area contributed by atoms with Crippen molar-refractivity contribution < 1.29 is 4.79 Å². The number of piperidine rings is 1. The van der Waals surface area contributed by atoms with E-state index in [1.165, 1.54) is 19.4 Å². The van der Waals surface area contributed by atoms with E-state index in [0.29, 0.717) is 6.04 Å². The number of likely N-dealkylation sites (N-methyl/N-ethyl adjacent to an activating group) is 1. The molecule has 1 aromatic carbocycles. The Morgan fingerprint density at radius 2 is 2.21 bits per heavy atom. The standard InChI is InChI=1S/C15H23N3O/c1-12(19)17-15-8-4-3-6-13(15)10-16-14-7-5-9-18(2)11-14/h3-4,6,8,14,16H,5,7,9-11H2,1-2H3,(H,17,19). The third-order valence-electron chi connectivity index (χ3n) is 3.53. The molecular weight excluding hydrogens is 238 g/mol. The van der Waals surface area contributed by atoms with Crippen molar-refractivity contribution in [2.45, 2.75) is 32.4 Å². The predicted octanol–water partition coefficient (Wildman–Crippen LogP) is 1.83. The molecule has 1 atom stereocenters. The first-order valence-corrected chi connectivity index (χ1v) is 6.92. The highest BCUT2D eigenvalue weighted by atomic mass is 16.1. The topological polar surface area (TPSA) is 44.4 Å². The van der Waals surface area contributed by atoms with Crippen LogP contribution >= 0.6 is 0 Å². The van der Waals surface area contributed by atoms with E-state index in [9.17, 15) is 4.79 Å². The van der Waals surface area contributed by atoms with Gasteiger partial charge in [0.25, 0.3) is 0 Å². The normalized spacial score (nSPS) is 20.2. The van der Waals surface area contributed by atoms with Gasteiger partial charge >= 0.3 is 0 Å². The van der Waals surface area contributed by atoms with Crippen LogP contribution in [0.4, 0.5) is 5.69 Å². The molecule has 0 spiro atoms. The van der Waals surface area contributed by atoms with Crippen LogP contribution in [0, 0.1) is 0 Å². The summed E-state index contributed by atoms with van der Waals surface area (Å²) in [6, 6.07) is 8.51. The molecule has 0 aromatic heterocycles. The van der Waals surface area contributed by atoms with E-state index >= 15 is 0 Å². The Labute approximate surface area is 115 Å². The number of rotatable bonds is 4. The van der Waals surface area contributed by atoms with E-state index in [1.54, 1.807) is 6.92 Å². The Kier molecular flexibility index (Phi) is 4.93. The molecule has 1 aromatic rings. The van der Waals surface area contributed by atoms with E-state index in [2.05, 4.69) is 28.6 Å². The number of carbonyl (C=O) groups excluding carboxylic acids is 1. The fourth-order valence-electron chi connectivity index (χ4n) is 2.57. The SMILES string of the molecule is CC(=O)Nc1ccccc1CNC1CCCN(C)C1. The van der Waals surface area contributed by atoms with Gasteiger partial charge < -0.3 is 15.5 Å². The van der Waals surface area contributed by atoms with Crippen LogP contribution < -0.4 is 10.6 Å². The second-order valence-corrected chi connectivity index (χ2v) is 5.32. The average Bonchev–Trinajstić information content (AvgIpc) is 2.37. The zero-order valence-corrected chi connectivity index (χ0v) is 11.8. The lowest BCUT2D eigenvalue weighted by Crippen LogP contribution is -2.43. The maximum atomic E-state index is 11.2. The first kappa shape index (κ1) is 14.0. The summed E-state index contributed by atoms with van der Waals surface area (Å²) in [5.74, 6) is -0.0233. The molecule has 1 unspecified atom stereocenters. The molecule has 2 rings (SSSR count). The first-order valence-electron chi connectivity index (χ1n) is 6.92. The van der Waals surface area contributed by atoms with Crippen LogP contribution in [-0.2, 0) is 11.3 Å². The summed E-state index contributed by atoms with van der Waals surface area (Å²) in [7, 11) is 2.17. The molecule has 1 fully saturated rings. The van der Waals surface area contributed by atoms with E-state index in [-0.39, 0.29) is 5.91 Å². The summed E-state index contributed by atoms with van der Waals surface area (Å²) in [6.07, 6.45) is 2.48. The first-order chi connectivity index (χ1) is 9.15. The highest BCUT2D eigenvalue weighted by molar-refractivity contribution is 5.89. The van der Waals surface area contributed by atoms with Gasteiger partial charge in [0.15, 0.2) is 0 Å². The minimum absolute atomic E-state index is 0.0233. The van der Waals surface area contributed by atoms with Crippen molar-refractivity contribution in [1.29, 1.82) is 0 Å². The quantitative estimate of drug-likeness (QED) is 0.869. The summed E-state index contributed by atoms with van der Waals surface area (Å²) >= 11 is 0. The van der Waals surface area contributed by atoms with Crippen LogP contribution in [0.1, 0.15) is 25.3 Å². The van der Waals surface area contributed by atoms with Gasteiger partial charge in [-0.15, -0.1) is 0 Å². The van der Waals surface area contributed by atoms with Gasteiger partial charge in [0.2, 0.25) is 5.91 Å². The van der Waals surface area contributed by atoms with Crippen molar-refractivity contribution in [3.8, 4) is 0 Å². The minimum atomic E-state index is -0.0233. The fourth-order valence-corrected chi connectivity index (χ4v) is 2.57. The van der Waals surface area contributed by atoms with Crippen molar-refractivity contribution in [3.05, 3.63) is 29.8 Å². The van der Waals surface area contributed by atoms with Crippen LogP contribution in [0.25, 0.3) is 0 Å². The number of benzene rings is 1. The second-order valence-electron chi connectivity index (χ2n) is 5.32. The van der Waals surface area contributed by atoms with Crippen LogP contribution in [0.5, 0.6) is 0 Å². The summed E-state index contributed by atoms with van der Waals surface area (Å²) < 4.78 is 0. The zero-order valence-electron chi connectivity index (χ0n) is 11.8. The van der Waals surface area contributed by atoms with Gasteiger partial charge in [-0.2, -0.15) is 0 Å². The highest BCUT2D eigenvalue weighted by Gasteiger charge is 2.16. The molecule has 0 saturated carbocycles. The number of anilines is 1. The Balaban J connectivity index is 1.93. The smallest absolute Gasteiger partial charge is 0.221 e. The molecular formula is C15H23N3O. The molecule has 1 aliphatic heterocycles. The van der Waals surface area contributed by atoms with E-state index < -0.39 is 0 Å². The molecule has 4 heteroatoms. The third-order valence-corrected chi connectivity index (χ3v) is 3.53. The van der Waals surface area contributed by atoms with Crippen LogP contribution in [0.15, 0.2) is 24.3 Å². The molecule has 1 heterocycles. The summed E-state index contributed by atoms with van der Waals surface area (Å²) in [6.45, 7) is 4.64. The number of hydrogen-bond acceptors (Lipinski definition) is 3. The molecule has 0 aliphatic carbocycles. The lowest BCUT2D eigenvalue weighted by Gasteiger charge is -2.30. The van der Waals surface area contributed by atoms with Gasteiger partial charge in [0.1, 0.15) is 0 Å². The molecule has 19 heavy (non-hydrogen) atoms. The highest BCUT2D eigenvalue weighted by Crippen LogP contribution is 2.16. The third kappa shape index (κ3) is 4.33. The minimum Gasteiger partial charge on any atom is -0.326 e. The van der Waals surface area contributed by atoms with E-state index in [0.717, 1.165) is 24.3 Å². The number of hydrogen-bond donors (Lipinski definition) is 2. The Hall–Kier alpha value is -1.39. The molecule has 1 saturated heterocycles. The molecule has 4 nitrogen and oxygen atoms in total. The van der Waals surface area contributed by atoms with Crippen molar-refractivity contribution in [1.82, 2.24) is 10.2 Å². The number of carbonyl (C=O) groups is 1. The van der Waals surface area contributed by atoms with Crippen molar-refractivity contribution >= 4 is 11.6 Å². The lowest BCUT2D eigenvalue weighted by molar-refractivity contribution is -0.114. The van der Waals surface area contributed by atoms with Crippen LogP contribution in [0.2, 0.25) is 0 Å². The summed E-state index contributed by atoms with van der Waals surface area (Å²) in [5, 5.41) is 6.47. The maximum absolute atomic E-state index is 11.2. The van der Waals surface area contributed by atoms with E-state index in [1.807, 2.05) is 18.2 Å². The molecule has 1 amide bonds. The second kappa shape index (κ2) is 6.68.